The summed E-state index contributed by atoms with van der Waals surface area (Å²) >= 11 is 6.41. The van der Waals surface area contributed by atoms with E-state index in [0.717, 1.165) is 43.6 Å². The molecule has 3 rings (SSSR count). The van der Waals surface area contributed by atoms with Gasteiger partial charge in [-0.15, -0.1) is 6.42 Å². The van der Waals surface area contributed by atoms with Crippen LogP contribution in [0.15, 0.2) is 36.7 Å². The molecule has 1 aliphatic carbocycles. The number of para-hydroxylation sites is 1. The molecule has 26 heavy (non-hydrogen) atoms. The van der Waals surface area contributed by atoms with Gasteiger partial charge in [-0.3, -0.25) is 0 Å². The van der Waals surface area contributed by atoms with Crippen LogP contribution in [0.1, 0.15) is 38.3 Å². The summed E-state index contributed by atoms with van der Waals surface area (Å²) in [7, 11) is 0. The van der Waals surface area contributed by atoms with Crippen LogP contribution in [0.4, 0.5) is 11.5 Å². The van der Waals surface area contributed by atoms with E-state index < -0.39 is 0 Å². The zero-order chi connectivity index (χ0) is 18.4. The molecule has 0 bridgehead atoms. The van der Waals surface area contributed by atoms with Crippen molar-refractivity contribution < 1.29 is 0 Å². The van der Waals surface area contributed by atoms with Crippen LogP contribution in [0.25, 0.3) is 0 Å². The predicted octanol–water partition coefficient (Wildman–Crippen LogP) is 4.56. The van der Waals surface area contributed by atoms with Gasteiger partial charge in [0, 0.05) is 17.8 Å². The lowest BCUT2D eigenvalue weighted by molar-refractivity contribution is 0.395. The maximum absolute atomic E-state index is 6.41. The molecule has 1 saturated carbocycles. The molecule has 0 saturated heterocycles. The molecule has 4 nitrogen and oxygen atoms in total. The van der Waals surface area contributed by atoms with Crippen molar-refractivity contribution >= 4 is 23.1 Å². The van der Waals surface area contributed by atoms with Crippen LogP contribution in [0, 0.1) is 12.3 Å². The van der Waals surface area contributed by atoms with Crippen molar-refractivity contribution in [3.05, 3.63) is 47.4 Å². The second kappa shape index (κ2) is 8.91. The topological polar surface area (TPSA) is 41.0 Å². The quantitative estimate of drug-likeness (QED) is 0.759. The standard InChI is InChI=1S/C21H25ClN4/c1-3-14-26(17-8-6-5-7-9-17)18-12-10-16(11-13-18)25-21-20(22)19(4-2)23-15-24-21/h1,5-9,15-16,18H,4,10-14H2,2H3,(H,23,24,25). The Hall–Kier alpha value is -2.25. The summed E-state index contributed by atoms with van der Waals surface area (Å²) in [5.74, 6) is 3.57. The highest BCUT2D eigenvalue weighted by Gasteiger charge is 2.26. The molecule has 0 atom stereocenters. The fourth-order valence-electron chi connectivity index (χ4n) is 3.63. The van der Waals surface area contributed by atoms with Gasteiger partial charge in [-0.1, -0.05) is 42.6 Å². The van der Waals surface area contributed by atoms with Crippen LogP contribution in [0.2, 0.25) is 5.02 Å². The molecular formula is C21H25ClN4. The number of benzene rings is 1. The van der Waals surface area contributed by atoms with Gasteiger partial charge in [0.05, 0.1) is 12.2 Å². The summed E-state index contributed by atoms with van der Waals surface area (Å²) in [6.45, 7) is 2.69. The van der Waals surface area contributed by atoms with Crippen LogP contribution in [-0.4, -0.2) is 28.6 Å². The minimum Gasteiger partial charge on any atom is -0.366 e. The Kier molecular flexibility index (Phi) is 6.35. The summed E-state index contributed by atoms with van der Waals surface area (Å²) < 4.78 is 0. The van der Waals surface area contributed by atoms with Gasteiger partial charge >= 0.3 is 0 Å². The van der Waals surface area contributed by atoms with E-state index in [1.165, 1.54) is 5.69 Å². The van der Waals surface area contributed by atoms with Gasteiger partial charge in [-0.25, -0.2) is 9.97 Å². The lowest BCUT2D eigenvalue weighted by Crippen LogP contribution is -2.41. The van der Waals surface area contributed by atoms with Crippen molar-refractivity contribution in [1.82, 2.24) is 9.97 Å². The largest absolute Gasteiger partial charge is 0.366 e. The minimum atomic E-state index is 0.381. The number of nitrogens with one attached hydrogen (secondary N) is 1. The normalized spacial score (nSPS) is 19.6. The molecule has 1 heterocycles. The number of aryl methyl sites for hydroxylation is 1. The molecule has 0 spiro atoms. The molecule has 1 aromatic heterocycles. The zero-order valence-electron chi connectivity index (χ0n) is 15.2. The van der Waals surface area contributed by atoms with Gasteiger partial charge in [-0.2, -0.15) is 0 Å². The van der Waals surface area contributed by atoms with Gasteiger partial charge in [0.25, 0.3) is 0 Å². The number of aromatic nitrogens is 2. The van der Waals surface area contributed by atoms with E-state index in [9.17, 15) is 0 Å². The van der Waals surface area contributed by atoms with Gasteiger partial charge < -0.3 is 10.2 Å². The molecule has 2 aromatic rings. The molecule has 1 N–H and O–H groups in total. The average molecular weight is 369 g/mol. The van der Waals surface area contributed by atoms with E-state index in [4.69, 9.17) is 18.0 Å². The zero-order valence-corrected chi connectivity index (χ0v) is 15.9. The summed E-state index contributed by atoms with van der Waals surface area (Å²) in [5.41, 5.74) is 2.09. The van der Waals surface area contributed by atoms with E-state index in [0.29, 0.717) is 23.7 Å². The van der Waals surface area contributed by atoms with Crippen molar-refractivity contribution in [2.75, 3.05) is 16.8 Å². The minimum absolute atomic E-state index is 0.381. The van der Waals surface area contributed by atoms with Gasteiger partial charge in [0.1, 0.15) is 17.2 Å². The highest BCUT2D eigenvalue weighted by molar-refractivity contribution is 6.33. The van der Waals surface area contributed by atoms with E-state index >= 15 is 0 Å². The molecule has 1 fully saturated rings. The smallest absolute Gasteiger partial charge is 0.148 e. The van der Waals surface area contributed by atoms with Crippen LogP contribution in [-0.2, 0) is 6.42 Å². The fraction of sp³-hybridized carbons (Fsp3) is 0.429. The predicted molar refractivity (Wildman–Crippen MR) is 109 cm³/mol. The van der Waals surface area contributed by atoms with E-state index in [1.807, 2.05) is 13.0 Å². The fourth-order valence-corrected chi connectivity index (χ4v) is 3.91. The third kappa shape index (κ3) is 4.28. The average Bonchev–Trinajstić information content (AvgIpc) is 2.69. The molecule has 0 radical (unpaired) electrons. The lowest BCUT2D eigenvalue weighted by atomic mass is 9.89. The van der Waals surface area contributed by atoms with Crippen LogP contribution in [0.3, 0.4) is 0 Å². The highest BCUT2D eigenvalue weighted by Crippen LogP contribution is 2.30. The van der Waals surface area contributed by atoms with Crippen LogP contribution >= 0.6 is 11.6 Å². The number of hydrogen-bond acceptors (Lipinski definition) is 4. The monoisotopic (exact) mass is 368 g/mol. The molecule has 5 heteroatoms. The van der Waals surface area contributed by atoms with E-state index in [2.05, 4.69) is 50.4 Å². The van der Waals surface area contributed by atoms with Gasteiger partial charge in [0.15, 0.2) is 0 Å². The Morgan fingerprint density at radius 3 is 2.58 bits per heavy atom. The first kappa shape index (κ1) is 18.5. The lowest BCUT2D eigenvalue weighted by Gasteiger charge is -2.37. The number of nitrogens with zero attached hydrogens (tertiary/aromatic N) is 3. The maximum atomic E-state index is 6.41. The van der Waals surface area contributed by atoms with Crippen molar-refractivity contribution in [3.8, 4) is 12.3 Å². The van der Waals surface area contributed by atoms with Crippen molar-refractivity contribution in [2.24, 2.45) is 0 Å². The summed E-state index contributed by atoms with van der Waals surface area (Å²) in [6, 6.07) is 11.3. The van der Waals surface area contributed by atoms with Crippen molar-refractivity contribution in [2.45, 2.75) is 51.1 Å². The Balaban J connectivity index is 1.63. The summed E-state index contributed by atoms with van der Waals surface area (Å²) in [4.78, 5) is 10.9. The number of anilines is 2. The molecule has 136 valence electrons. The molecular weight excluding hydrogens is 344 g/mol. The molecule has 1 aliphatic rings. The second-order valence-electron chi connectivity index (χ2n) is 6.65. The first-order chi connectivity index (χ1) is 12.7. The third-order valence-corrected chi connectivity index (χ3v) is 5.42. The number of hydrogen-bond donors (Lipinski definition) is 1. The number of terminal acetylenes is 1. The Morgan fingerprint density at radius 2 is 1.92 bits per heavy atom. The third-order valence-electron chi connectivity index (χ3n) is 5.02. The first-order valence-electron chi connectivity index (χ1n) is 9.24. The molecule has 0 unspecified atom stereocenters. The Morgan fingerprint density at radius 1 is 1.19 bits per heavy atom. The first-order valence-corrected chi connectivity index (χ1v) is 9.61. The number of halogens is 1. The molecule has 0 amide bonds. The van der Waals surface area contributed by atoms with Crippen molar-refractivity contribution in [1.29, 1.82) is 0 Å². The summed E-state index contributed by atoms with van der Waals surface area (Å²) in [6.07, 6.45) is 12.3. The Bertz CT molecular complexity index is 748. The van der Waals surface area contributed by atoms with Gasteiger partial charge in [-0.05, 0) is 44.2 Å². The van der Waals surface area contributed by atoms with Crippen molar-refractivity contribution in [3.63, 3.8) is 0 Å². The van der Waals surface area contributed by atoms with Crippen LogP contribution in [0.5, 0.6) is 0 Å². The highest BCUT2D eigenvalue weighted by atomic mass is 35.5. The van der Waals surface area contributed by atoms with E-state index in [1.54, 1.807) is 6.33 Å². The molecule has 1 aromatic carbocycles. The summed E-state index contributed by atoms with van der Waals surface area (Å²) in [5, 5.41) is 4.16. The second-order valence-corrected chi connectivity index (χ2v) is 7.03. The van der Waals surface area contributed by atoms with E-state index in [-0.39, 0.29) is 0 Å². The van der Waals surface area contributed by atoms with Gasteiger partial charge in [0.2, 0.25) is 0 Å². The van der Waals surface area contributed by atoms with Crippen LogP contribution < -0.4 is 10.2 Å². The maximum Gasteiger partial charge on any atom is 0.148 e. The molecule has 0 aliphatic heterocycles. The Labute approximate surface area is 161 Å². The SMILES string of the molecule is C#CCN(c1ccccc1)C1CCC(Nc2ncnc(CC)c2Cl)CC1. The number of rotatable bonds is 6.